The van der Waals surface area contributed by atoms with Gasteiger partial charge in [-0.3, -0.25) is 0 Å². The van der Waals surface area contributed by atoms with Crippen molar-refractivity contribution in [3.8, 4) is 0 Å². The Balaban J connectivity index is 3.05. The zero-order valence-corrected chi connectivity index (χ0v) is 12.1. The Morgan fingerprint density at radius 3 is 2.15 bits per heavy atom. The zero-order valence-electron chi connectivity index (χ0n) is 12.1. The summed E-state index contributed by atoms with van der Waals surface area (Å²) in [5.74, 6) is 1.24. The van der Waals surface area contributed by atoms with Crippen LogP contribution in [0.5, 0.6) is 0 Å². The van der Waals surface area contributed by atoms with Gasteiger partial charge in [0.25, 0.3) is 0 Å². The highest BCUT2D eigenvalue weighted by molar-refractivity contribution is 5.58. The molecule has 0 amide bonds. The normalized spacial score (nSPS) is 11.4. The first-order valence-corrected chi connectivity index (χ1v) is 6.84. The van der Waals surface area contributed by atoms with E-state index in [1.54, 1.807) is 0 Å². The molecular weight excluding hydrogens is 260 g/mol. The monoisotopic (exact) mass is 284 g/mol. The fourth-order valence-electron chi connectivity index (χ4n) is 1.77. The van der Waals surface area contributed by atoms with E-state index in [0.717, 1.165) is 24.3 Å². The number of aliphatic hydroxyl groups excluding tert-OH is 3. The van der Waals surface area contributed by atoms with E-state index in [0.29, 0.717) is 12.2 Å². The van der Waals surface area contributed by atoms with E-state index in [-0.39, 0.29) is 0 Å². The highest BCUT2D eigenvalue weighted by Gasteiger charge is 2.29. The van der Waals surface area contributed by atoms with Crippen LogP contribution in [0.4, 0.5) is 11.6 Å². The Morgan fingerprint density at radius 1 is 1.05 bits per heavy atom. The van der Waals surface area contributed by atoms with Gasteiger partial charge in [-0.05, 0) is 12.8 Å². The van der Waals surface area contributed by atoms with Gasteiger partial charge in [-0.15, -0.1) is 0 Å². The smallest absolute Gasteiger partial charge is 0.135 e. The molecule has 0 saturated carbocycles. The minimum absolute atomic E-state index is 0.398. The molecule has 0 aliphatic rings. The summed E-state index contributed by atoms with van der Waals surface area (Å²) < 4.78 is 0. The maximum Gasteiger partial charge on any atom is 0.135 e. The molecule has 1 aromatic rings. The first kappa shape index (κ1) is 16.6. The van der Waals surface area contributed by atoms with Crippen LogP contribution in [0.1, 0.15) is 25.8 Å². The van der Waals surface area contributed by atoms with Gasteiger partial charge in [-0.2, -0.15) is 0 Å². The van der Waals surface area contributed by atoms with Crippen molar-refractivity contribution in [2.24, 2.45) is 0 Å². The van der Waals surface area contributed by atoms with Gasteiger partial charge in [0.05, 0.1) is 19.8 Å². The zero-order chi connectivity index (χ0) is 15.0. The Labute approximate surface area is 119 Å². The van der Waals surface area contributed by atoms with E-state index < -0.39 is 25.4 Å². The van der Waals surface area contributed by atoms with Gasteiger partial charge in [0.15, 0.2) is 0 Å². The standard InChI is InChI=1S/C13H24N4O3/c1-3-5-14-11-10(4-2)12(16-9-15-11)17-13(6-18,7-19)8-20/h9,18-20H,3-8H2,1-2H3,(H2,14,15,16,17). The molecule has 7 heteroatoms. The molecule has 0 atom stereocenters. The van der Waals surface area contributed by atoms with Crippen molar-refractivity contribution < 1.29 is 15.3 Å². The predicted molar refractivity (Wildman–Crippen MR) is 77.8 cm³/mol. The minimum atomic E-state index is -1.19. The van der Waals surface area contributed by atoms with E-state index >= 15 is 0 Å². The topological polar surface area (TPSA) is 111 Å². The molecular formula is C13H24N4O3. The van der Waals surface area contributed by atoms with E-state index in [9.17, 15) is 15.3 Å². The van der Waals surface area contributed by atoms with Gasteiger partial charge in [-0.1, -0.05) is 13.8 Å². The summed E-state index contributed by atoms with van der Waals surface area (Å²) in [4.78, 5) is 8.36. The van der Waals surface area contributed by atoms with E-state index in [1.807, 2.05) is 6.92 Å². The molecule has 114 valence electrons. The number of hydrogen-bond donors (Lipinski definition) is 5. The van der Waals surface area contributed by atoms with Crippen molar-refractivity contribution >= 4 is 11.6 Å². The van der Waals surface area contributed by atoms with Crippen molar-refractivity contribution in [2.75, 3.05) is 37.0 Å². The molecule has 1 rings (SSSR count). The number of rotatable bonds is 9. The third-order valence-corrected chi connectivity index (χ3v) is 3.13. The lowest BCUT2D eigenvalue weighted by Crippen LogP contribution is -2.49. The second kappa shape index (κ2) is 7.98. The molecule has 0 spiro atoms. The number of nitrogens with zero attached hydrogens (tertiary/aromatic N) is 2. The Kier molecular flexibility index (Phi) is 6.63. The molecule has 0 aromatic carbocycles. The second-order valence-electron chi connectivity index (χ2n) is 4.71. The number of aromatic nitrogens is 2. The number of aliphatic hydroxyl groups is 3. The lowest BCUT2D eigenvalue weighted by atomic mass is 10.0. The fraction of sp³-hybridized carbons (Fsp3) is 0.692. The number of nitrogens with one attached hydrogen (secondary N) is 2. The highest BCUT2D eigenvalue weighted by Crippen LogP contribution is 2.23. The molecule has 0 aliphatic carbocycles. The molecule has 5 N–H and O–H groups in total. The lowest BCUT2D eigenvalue weighted by Gasteiger charge is -2.30. The average Bonchev–Trinajstić information content (AvgIpc) is 2.50. The van der Waals surface area contributed by atoms with Gasteiger partial charge < -0.3 is 26.0 Å². The van der Waals surface area contributed by atoms with E-state index in [1.165, 1.54) is 6.33 Å². The van der Waals surface area contributed by atoms with Crippen LogP contribution in [0, 0.1) is 0 Å². The molecule has 0 saturated heterocycles. The molecule has 0 bridgehead atoms. The molecule has 0 radical (unpaired) electrons. The summed E-state index contributed by atoms with van der Waals surface area (Å²) in [6, 6.07) is 0. The Morgan fingerprint density at radius 2 is 1.65 bits per heavy atom. The Hall–Kier alpha value is -1.44. The predicted octanol–water partition coefficient (Wildman–Crippen LogP) is -0.0115. The summed E-state index contributed by atoms with van der Waals surface area (Å²) >= 11 is 0. The van der Waals surface area contributed by atoms with Gasteiger partial charge in [-0.25, -0.2) is 9.97 Å². The molecule has 0 unspecified atom stereocenters. The molecule has 20 heavy (non-hydrogen) atoms. The summed E-state index contributed by atoms with van der Waals surface area (Å²) in [7, 11) is 0. The molecule has 7 nitrogen and oxygen atoms in total. The van der Waals surface area contributed by atoms with Gasteiger partial charge in [0, 0.05) is 12.1 Å². The van der Waals surface area contributed by atoms with Crippen molar-refractivity contribution in [1.29, 1.82) is 0 Å². The van der Waals surface area contributed by atoms with E-state index in [4.69, 9.17) is 0 Å². The second-order valence-corrected chi connectivity index (χ2v) is 4.71. The van der Waals surface area contributed by atoms with Crippen LogP contribution in [-0.2, 0) is 6.42 Å². The van der Waals surface area contributed by atoms with Gasteiger partial charge in [0.2, 0.25) is 0 Å². The molecule has 1 heterocycles. The summed E-state index contributed by atoms with van der Waals surface area (Å²) in [5.41, 5.74) is -0.332. The highest BCUT2D eigenvalue weighted by atomic mass is 16.3. The van der Waals surface area contributed by atoms with Crippen LogP contribution >= 0.6 is 0 Å². The lowest BCUT2D eigenvalue weighted by molar-refractivity contribution is 0.0830. The largest absolute Gasteiger partial charge is 0.394 e. The molecule has 0 aliphatic heterocycles. The Bertz CT molecular complexity index is 402. The van der Waals surface area contributed by atoms with Crippen LogP contribution in [0.3, 0.4) is 0 Å². The SMILES string of the molecule is CCCNc1ncnc(NC(CO)(CO)CO)c1CC. The maximum atomic E-state index is 9.37. The van der Waals surface area contributed by atoms with Crippen LogP contribution in [0.25, 0.3) is 0 Å². The average molecular weight is 284 g/mol. The summed E-state index contributed by atoms with van der Waals surface area (Å²) in [5, 5.41) is 34.3. The number of hydrogen-bond acceptors (Lipinski definition) is 7. The van der Waals surface area contributed by atoms with Crippen LogP contribution in [0.15, 0.2) is 6.33 Å². The first-order valence-electron chi connectivity index (χ1n) is 6.84. The third kappa shape index (κ3) is 3.78. The maximum absolute atomic E-state index is 9.37. The van der Waals surface area contributed by atoms with Crippen molar-refractivity contribution in [3.05, 3.63) is 11.9 Å². The quantitative estimate of drug-likeness (QED) is 0.434. The third-order valence-electron chi connectivity index (χ3n) is 3.13. The van der Waals surface area contributed by atoms with Crippen molar-refractivity contribution in [1.82, 2.24) is 9.97 Å². The van der Waals surface area contributed by atoms with Crippen LogP contribution in [-0.4, -0.2) is 57.2 Å². The fourth-order valence-corrected chi connectivity index (χ4v) is 1.77. The first-order chi connectivity index (χ1) is 9.66. The van der Waals surface area contributed by atoms with Crippen LogP contribution in [0.2, 0.25) is 0 Å². The van der Waals surface area contributed by atoms with Crippen molar-refractivity contribution in [3.63, 3.8) is 0 Å². The van der Waals surface area contributed by atoms with Gasteiger partial charge >= 0.3 is 0 Å². The minimum Gasteiger partial charge on any atom is -0.394 e. The van der Waals surface area contributed by atoms with Crippen molar-refractivity contribution in [2.45, 2.75) is 32.2 Å². The molecule has 1 aromatic heterocycles. The van der Waals surface area contributed by atoms with Gasteiger partial charge in [0.1, 0.15) is 23.5 Å². The molecule has 0 fully saturated rings. The summed E-state index contributed by atoms with van der Waals surface area (Å²) in [6.45, 7) is 3.64. The number of anilines is 2. The summed E-state index contributed by atoms with van der Waals surface area (Å²) in [6.07, 6.45) is 3.08. The van der Waals surface area contributed by atoms with Crippen LogP contribution < -0.4 is 10.6 Å². The van der Waals surface area contributed by atoms with E-state index in [2.05, 4.69) is 27.5 Å².